The second-order valence-corrected chi connectivity index (χ2v) is 4.25. The van der Waals surface area contributed by atoms with Gasteiger partial charge in [-0.2, -0.15) is 0 Å². The molecule has 1 N–H and O–H groups in total. The topological polar surface area (TPSA) is 37.8 Å². The summed E-state index contributed by atoms with van der Waals surface area (Å²) in [5.41, 5.74) is 1.05. The summed E-state index contributed by atoms with van der Waals surface area (Å²) in [6.45, 7) is 2.98. The van der Waals surface area contributed by atoms with E-state index in [0.29, 0.717) is 5.92 Å². The van der Waals surface area contributed by atoms with Crippen LogP contribution in [0.2, 0.25) is 0 Å². The van der Waals surface area contributed by atoms with Gasteiger partial charge in [-0.1, -0.05) is 12.1 Å². The van der Waals surface area contributed by atoms with Crippen molar-refractivity contribution in [2.45, 2.75) is 25.7 Å². The molecule has 0 bridgehead atoms. The predicted octanol–water partition coefficient (Wildman–Crippen LogP) is 2.94. The number of fused-ring (bicyclic) bond motifs is 1. The van der Waals surface area contributed by atoms with Crippen molar-refractivity contribution in [2.24, 2.45) is 0 Å². The molecule has 1 fully saturated rings. The summed E-state index contributed by atoms with van der Waals surface area (Å²) in [6, 6.07) is 8.19. The Kier molecular flexibility index (Phi) is 2.24. The maximum Gasteiger partial charge on any atom is 0.137 e. The molecule has 16 heavy (non-hydrogen) atoms. The van der Waals surface area contributed by atoms with Crippen molar-refractivity contribution in [1.29, 1.82) is 0 Å². The summed E-state index contributed by atoms with van der Waals surface area (Å²) in [7, 11) is 0. The number of hydrogen-bond donors (Lipinski definition) is 1. The van der Waals surface area contributed by atoms with Crippen molar-refractivity contribution in [2.75, 3.05) is 11.9 Å². The van der Waals surface area contributed by atoms with Gasteiger partial charge in [0, 0.05) is 17.8 Å². The van der Waals surface area contributed by atoms with Gasteiger partial charge in [0.05, 0.1) is 5.52 Å². The fourth-order valence-corrected chi connectivity index (χ4v) is 1.92. The number of hydrogen-bond acceptors (Lipinski definition) is 3. The lowest BCUT2D eigenvalue weighted by Crippen LogP contribution is -2.04. The zero-order chi connectivity index (χ0) is 11.0. The van der Waals surface area contributed by atoms with Gasteiger partial charge < -0.3 is 5.32 Å². The fourth-order valence-electron chi connectivity index (χ4n) is 1.92. The van der Waals surface area contributed by atoms with Crippen molar-refractivity contribution in [3.63, 3.8) is 0 Å². The Morgan fingerprint density at radius 1 is 1.25 bits per heavy atom. The molecule has 1 aromatic carbocycles. The maximum atomic E-state index is 4.63. The van der Waals surface area contributed by atoms with Crippen LogP contribution in [0.5, 0.6) is 0 Å². The van der Waals surface area contributed by atoms with Crippen LogP contribution < -0.4 is 5.32 Å². The predicted molar refractivity (Wildman–Crippen MR) is 65.7 cm³/mol. The molecule has 0 amide bonds. The summed E-state index contributed by atoms with van der Waals surface area (Å²) in [6.07, 6.45) is 2.48. The van der Waals surface area contributed by atoms with Crippen LogP contribution in [0.3, 0.4) is 0 Å². The molecule has 2 aromatic rings. The van der Waals surface area contributed by atoms with Gasteiger partial charge in [0.15, 0.2) is 0 Å². The number of nitrogens with zero attached hydrogens (tertiary/aromatic N) is 2. The van der Waals surface area contributed by atoms with E-state index >= 15 is 0 Å². The standard InChI is InChI=1S/C13H15N3/c1-2-14-13-10-5-3-4-6-11(10)15-12(16-13)9-7-8-9/h3-6,9H,2,7-8H2,1H3,(H,14,15,16). The minimum absolute atomic E-state index is 0.599. The van der Waals surface area contributed by atoms with Gasteiger partial charge in [-0.25, -0.2) is 9.97 Å². The summed E-state index contributed by atoms with van der Waals surface area (Å²) in [5, 5.41) is 4.44. The highest BCUT2D eigenvalue weighted by Gasteiger charge is 2.27. The molecule has 1 aliphatic carbocycles. The number of nitrogens with one attached hydrogen (secondary N) is 1. The van der Waals surface area contributed by atoms with E-state index in [1.165, 1.54) is 12.8 Å². The first-order valence-electron chi connectivity index (χ1n) is 5.89. The van der Waals surface area contributed by atoms with Crippen molar-refractivity contribution in [3.05, 3.63) is 30.1 Å². The minimum atomic E-state index is 0.599. The fraction of sp³-hybridized carbons (Fsp3) is 0.385. The number of rotatable bonds is 3. The van der Waals surface area contributed by atoms with Crippen LogP contribution in [0.25, 0.3) is 10.9 Å². The highest BCUT2D eigenvalue weighted by molar-refractivity contribution is 5.89. The Morgan fingerprint density at radius 2 is 2.06 bits per heavy atom. The monoisotopic (exact) mass is 213 g/mol. The van der Waals surface area contributed by atoms with Crippen molar-refractivity contribution >= 4 is 16.7 Å². The van der Waals surface area contributed by atoms with Crippen LogP contribution in [-0.4, -0.2) is 16.5 Å². The first-order chi connectivity index (χ1) is 7.88. The molecule has 82 valence electrons. The molecule has 3 rings (SSSR count). The van der Waals surface area contributed by atoms with Gasteiger partial charge in [-0.15, -0.1) is 0 Å². The smallest absolute Gasteiger partial charge is 0.137 e. The lowest BCUT2D eigenvalue weighted by atomic mass is 10.2. The van der Waals surface area contributed by atoms with E-state index in [4.69, 9.17) is 0 Å². The highest BCUT2D eigenvalue weighted by atomic mass is 15.0. The number of anilines is 1. The zero-order valence-corrected chi connectivity index (χ0v) is 9.40. The first kappa shape index (κ1) is 9.58. The summed E-state index contributed by atoms with van der Waals surface area (Å²) in [5.74, 6) is 2.59. The Labute approximate surface area is 94.9 Å². The summed E-state index contributed by atoms with van der Waals surface area (Å²) < 4.78 is 0. The van der Waals surface area contributed by atoms with Crippen molar-refractivity contribution in [3.8, 4) is 0 Å². The average molecular weight is 213 g/mol. The summed E-state index contributed by atoms with van der Waals surface area (Å²) in [4.78, 5) is 9.26. The van der Waals surface area contributed by atoms with E-state index < -0.39 is 0 Å². The van der Waals surface area contributed by atoms with Crippen LogP contribution in [-0.2, 0) is 0 Å². The molecule has 0 radical (unpaired) electrons. The molecule has 0 atom stereocenters. The average Bonchev–Trinajstić information content (AvgIpc) is 3.13. The molecule has 0 aliphatic heterocycles. The largest absolute Gasteiger partial charge is 0.370 e. The zero-order valence-electron chi connectivity index (χ0n) is 9.40. The molecular formula is C13H15N3. The van der Waals surface area contributed by atoms with Gasteiger partial charge in [0.25, 0.3) is 0 Å². The third kappa shape index (κ3) is 1.62. The van der Waals surface area contributed by atoms with E-state index in [9.17, 15) is 0 Å². The molecule has 3 nitrogen and oxygen atoms in total. The maximum absolute atomic E-state index is 4.63. The number of benzene rings is 1. The molecular weight excluding hydrogens is 198 g/mol. The third-order valence-electron chi connectivity index (χ3n) is 2.91. The van der Waals surface area contributed by atoms with Crippen molar-refractivity contribution < 1.29 is 0 Å². The van der Waals surface area contributed by atoms with Crippen molar-refractivity contribution in [1.82, 2.24) is 9.97 Å². The third-order valence-corrected chi connectivity index (χ3v) is 2.91. The van der Waals surface area contributed by atoms with Crippen LogP contribution in [0.4, 0.5) is 5.82 Å². The lowest BCUT2D eigenvalue weighted by Gasteiger charge is -2.08. The molecule has 0 spiro atoms. The SMILES string of the molecule is CCNc1nc(C2CC2)nc2ccccc12. The minimum Gasteiger partial charge on any atom is -0.370 e. The molecule has 0 saturated heterocycles. The first-order valence-corrected chi connectivity index (χ1v) is 5.89. The Morgan fingerprint density at radius 3 is 2.81 bits per heavy atom. The Hall–Kier alpha value is -1.64. The molecule has 0 unspecified atom stereocenters. The van der Waals surface area contributed by atoms with Gasteiger partial charge in [-0.05, 0) is 31.9 Å². The van der Waals surface area contributed by atoms with Crippen LogP contribution >= 0.6 is 0 Å². The van der Waals surface area contributed by atoms with Crippen LogP contribution in [0.15, 0.2) is 24.3 Å². The lowest BCUT2D eigenvalue weighted by molar-refractivity contribution is 0.944. The van der Waals surface area contributed by atoms with Crippen LogP contribution in [0, 0.1) is 0 Å². The van der Waals surface area contributed by atoms with E-state index in [0.717, 1.165) is 29.1 Å². The molecule has 1 aliphatic rings. The van der Waals surface area contributed by atoms with E-state index in [1.54, 1.807) is 0 Å². The molecule has 3 heteroatoms. The van der Waals surface area contributed by atoms with E-state index in [1.807, 2.05) is 12.1 Å². The number of para-hydroxylation sites is 1. The second kappa shape index (κ2) is 3.74. The van der Waals surface area contributed by atoms with Gasteiger partial charge >= 0.3 is 0 Å². The quantitative estimate of drug-likeness (QED) is 0.851. The van der Waals surface area contributed by atoms with Gasteiger partial charge in [-0.3, -0.25) is 0 Å². The summed E-state index contributed by atoms with van der Waals surface area (Å²) >= 11 is 0. The van der Waals surface area contributed by atoms with E-state index in [-0.39, 0.29) is 0 Å². The van der Waals surface area contributed by atoms with E-state index in [2.05, 4.69) is 34.3 Å². The number of aromatic nitrogens is 2. The normalized spacial score (nSPS) is 15.3. The van der Waals surface area contributed by atoms with Crippen LogP contribution in [0.1, 0.15) is 31.5 Å². The van der Waals surface area contributed by atoms with Gasteiger partial charge in [0.2, 0.25) is 0 Å². The second-order valence-electron chi connectivity index (χ2n) is 4.25. The molecule has 1 aromatic heterocycles. The molecule has 1 heterocycles. The Balaban J connectivity index is 2.18. The Bertz CT molecular complexity index is 518. The molecule has 1 saturated carbocycles. The van der Waals surface area contributed by atoms with Gasteiger partial charge in [0.1, 0.15) is 11.6 Å². The highest BCUT2D eigenvalue weighted by Crippen LogP contribution is 2.39.